The number of nitrogens with two attached hydrogens (primary N) is 2. The number of nitrogens with one attached hydrogen (secondary N) is 2. The molecule has 0 unspecified atom stereocenters. The normalized spacial score (nSPS) is 11.8. The molecule has 0 radical (unpaired) electrons. The first-order valence-electron chi connectivity index (χ1n) is 31.9. The number of benzene rings is 1. The minimum absolute atomic E-state index is 0.00299. The van der Waals surface area contributed by atoms with Gasteiger partial charge in [-0.25, -0.2) is 9.97 Å². The number of hydrogen-bond donors (Lipinski definition) is 4. The second-order valence-corrected chi connectivity index (χ2v) is 21.9. The molecule has 0 saturated heterocycles. The first kappa shape index (κ1) is 80.8. The third kappa shape index (κ3) is 40.4. The Morgan fingerprint density at radius 2 is 1.02 bits per heavy atom. The average Bonchev–Trinajstić information content (AvgIpc) is 0.850. The molecule has 526 valence electrons. The van der Waals surface area contributed by atoms with Crippen molar-refractivity contribution in [1.82, 2.24) is 35.5 Å². The number of methoxy groups -OCH3 is 1. The van der Waals surface area contributed by atoms with E-state index in [0.29, 0.717) is 195 Å². The molecule has 3 amide bonds. The first-order chi connectivity index (χ1) is 45.0. The van der Waals surface area contributed by atoms with Crippen molar-refractivity contribution in [3.05, 3.63) is 41.7 Å². The number of hydrogen-bond acceptors (Lipinski definition) is 27. The van der Waals surface area contributed by atoms with Crippen molar-refractivity contribution < 1.29 is 95.1 Å². The summed E-state index contributed by atoms with van der Waals surface area (Å²) in [4.78, 5) is 98.4. The van der Waals surface area contributed by atoms with Crippen LogP contribution in [0.2, 0.25) is 0 Å². The summed E-state index contributed by atoms with van der Waals surface area (Å²) in [5.74, 6) is -2.96. The summed E-state index contributed by atoms with van der Waals surface area (Å²) in [6, 6.07) is 6.91. The topological polar surface area (TPSA) is 366 Å². The number of nitrogens with zero attached hydrogens (tertiary/aromatic N) is 6. The maximum Gasteiger partial charge on any atom is 0.309 e. The monoisotopic (exact) mass is 1320 g/mol. The SMILES string of the molecule is CCOC(=O)CCC(=O)N(CCCNC(=O)CCOCCOCCOCCOCCOCCOCCOCCOCCOCCOCCOCCOC)CCCNC(=O)CC[C@@H](CC(=O)c1ccc(N(C)Cc2cnc3nc(N)nc(N)c3n2)cc1)C(=O)OC(C)(C)C. The van der Waals surface area contributed by atoms with E-state index in [1.807, 2.05) is 11.9 Å². The van der Waals surface area contributed by atoms with Gasteiger partial charge in [0.05, 0.1) is 189 Å². The molecule has 3 rings (SSSR count). The molecule has 30 nitrogen and oxygen atoms in total. The van der Waals surface area contributed by atoms with Gasteiger partial charge in [0.1, 0.15) is 5.60 Å². The van der Waals surface area contributed by atoms with E-state index >= 15 is 0 Å². The van der Waals surface area contributed by atoms with E-state index in [-0.39, 0.29) is 106 Å². The number of anilines is 3. The minimum atomic E-state index is -0.897. The number of aromatic nitrogens is 4. The van der Waals surface area contributed by atoms with Crippen LogP contribution in [-0.2, 0) is 96.8 Å². The fraction of sp³-hybridized carbons (Fsp3) is 0.714. The van der Waals surface area contributed by atoms with Gasteiger partial charge in [-0.2, -0.15) is 9.97 Å². The molecule has 1 atom stereocenters. The van der Waals surface area contributed by atoms with Gasteiger partial charge in [-0.1, -0.05) is 0 Å². The number of rotatable bonds is 58. The highest BCUT2D eigenvalue weighted by Crippen LogP contribution is 2.23. The molecule has 0 bridgehead atoms. The highest BCUT2D eigenvalue weighted by Gasteiger charge is 2.29. The van der Waals surface area contributed by atoms with E-state index in [0.717, 1.165) is 5.69 Å². The Morgan fingerprint density at radius 3 is 1.47 bits per heavy atom. The van der Waals surface area contributed by atoms with Crippen LogP contribution in [0.5, 0.6) is 0 Å². The van der Waals surface area contributed by atoms with E-state index in [2.05, 4.69) is 30.6 Å². The molecule has 3 aromatic rings. The minimum Gasteiger partial charge on any atom is -0.466 e. The molecule has 6 N–H and O–H groups in total. The zero-order valence-electron chi connectivity index (χ0n) is 55.6. The third-order valence-electron chi connectivity index (χ3n) is 13.1. The summed E-state index contributed by atoms with van der Waals surface area (Å²) in [5.41, 5.74) is 13.2. The summed E-state index contributed by atoms with van der Waals surface area (Å²) in [6.45, 7) is 18.8. The predicted octanol–water partition coefficient (Wildman–Crippen LogP) is 2.94. The van der Waals surface area contributed by atoms with Gasteiger partial charge in [0.2, 0.25) is 23.7 Å². The largest absolute Gasteiger partial charge is 0.466 e. The van der Waals surface area contributed by atoms with Crippen LogP contribution in [0.15, 0.2) is 30.5 Å². The molecule has 0 aliphatic heterocycles. The van der Waals surface area contributed by atoms with Crippen molar-refractivity contribution in [3.8, 4) is 0 Å². The number of ether oxygens (including phenoxy) is 14. The predicted molar refractivity (Wildman–Crippen MR) is 343 cm³/mol. The Labute approximate surface area is 547 Å². The molecular formula is C63H104N10O20. The second-order valence-electron chi connectivity index (χ2n) is 21.9. The van der Waals surface area contributed by atoms with Crippen molar-refractivity contribution in [2.45, 2.75) is 91.2 Å². The summed E-state index contributed by atoms with van der Waals surface area (Å²) >= 11 is 0. The number of amides is 3. The Bertz CT molecular complexity index is 2530. The quantitative estimate of drug-likeness (QED) is 0.0358. The average molecular weight is 1320 g/mol. The van der Waals surface area contributed by atoms with Crippen LogP contribution in [0.25, 0.3) is 11.2 Å². The van der Waals surface area contributed by atoms with E-state index in [9.17, 15) is 28.8 Å². The smallest absolute Gasteiger partial charge is 0.309 e. The molecule has 2 heterocycles. The van der Waals surface area contributed by atoms with Crippen LogP contribution in [-0.4, -0.2) is 265 Å². The molecule has 0 aliphatic rings. The number of nitrogen functional groups attached to an aromatic ring is 2. The van der Waals surface area contributed by atoms with Crippen LogP contribution in [0.3, 0.4) is 0 Å². The Morgan fingerprint density at radius 1 is 0.570 bits per heavy atom. The summed E-state index contributed by atoms with van der Waals surface area (Å²) in [5, 5.41) is 5.70. The standard InChI is InChI=1S/C63H104N10O20/c1-7-92-57(78)17-16-56(77)73(21-8-19-66-54(75)15-12-50(61(79)93-63(2,3)4)46-53(74)49-10-13-52(14-11-49)72(5)48-51-47-68-60-58(69-51)59(64)70-62(65)71-60)22-9-20-67-55(76)18-23-81-26-27-83-30-31-85-34-35-87-38-39-89-42-43-91-45-44-90-41-40-88-37-36-86-33-32-84-29-28-82-25-24-80-6/h10-11,13-14,47,50H,7-9,12,15-46,48H2,1-6H3,(H,66,75)(H,67,76)(H4,64,65,68,70,71)/t50-/m0/s1. The molecule has 30 heteroatoms. The van der Waals surface area contributed by atoms with Gasteiger partial charge in [-0.3, -0.25) is 28.8 Å². The highest BCUT2D eigenvalue weighted by atomic mass is 16.6. The van der Waals surface area contributed by atoms with Crippen LogP contribution in [0.4, 0.5) is 17.5 Å². The van der Waals surface area contributed by atoms with E-state index < -0.39 is 23.5 Å². The maximum atomic E-state index is 13.6. The zero-order chi connectivity index (χ0) is 67.6. The Hall–Kier alpha value is -6.42. The molecule has 0 aliphatic carbocycles. The molecule has 2 aromatic heterocycles. The van der Waals surface area contributed by atoms with E-state index in [1.54, 1.807) is 70.2 Å². The van der Waals surface area contributed by atoms with Crippen LogP contribution in [0, 0.1) is 5.92 Å². The number of carbonyl (C=O) groups excluding carboxylic acids is 6. The number of Topliss-reactive ketones (excluding diaryl/α,β-unsaturated/α-hetero) is 1. The van der Waals surface area contributed by atoms with Gasteiger partial charge in [-0.05, 0) is 71.2 Å². The lowest BCUT2D eigenvalue weighted by molar-refractivity contribution is -0.160. The number of esters is 2. The molecular weight excluding hydrogens is 1220 g/mol. The highest BCUT2D eigenvalue weighted by molar-refractivity contribution is 5.98. The summed E-state index contributed by atoms with van der Waals surface area (Å²) in [6.07, 6.45) is 2.21. The van der Waals surface area contributed by atoms with Crippen molar-refractivity contribution >= 4 is 64.1 Å². The van der Waals surface area contributed by atoms with E-state index in [1.165, 1.54) is 0 Å². The van der Waals surface area contributed by atoms with Crippen LogP contribution in [0.1, 0.15) is 95.1 Å². The lowest BCUT2D eigenvalue weighted by Crippen LogP contribution is -2.37. The van der Waals surface area contributed by atoms with Crippen LogP contribution < -0.4 is 27.0 Å². The van der Waals surface area contributed by atoms with Crippen molar-refractivity contribution in [2.75, 3.05) is 215 Å². The fourth-order valence-electron chi connectivity index (χ4n) is 8.37. The molecule has 0 saturated carbocycles. The maximum absolute atomic E-state index is 13.6. The fourth-order valence-corrected chi connectivity index (χ4v) is 8.37. The first-order valence-corrected chi connectivity index (χ1v) is 31.9. The zero-order valence-corrected chi connectivity index (χ0v) is 55.6. The van der Waals surface area contributed by atoms with E-state index in [4.69, 9.17) is 77.8 Å². The second kappa shape index (κ2) is 51.0. The van der Waals surface area contributed by atoms with Crippen molar-refractivity contribution in [2.24, 2.45) is 5.92 Å². The molecule has 93 heavy (non-hydrogen) atoms. The number of carbonyl (C=O) groups is 6. The molecule has 1 aromatic carbocycles. The van der Waals surface area contributed by atoms with Gasteiger partial charge in [0.15, 0.2) is 22.8 Å². The van der Waals surface area contributed by atoms with Gasteiger partial charge in [0, 0.05) is 77.3 Å². The summed E-state index contributed by atoms with van der Waals surface area (Å²) < 4.78 is 75.9. The Kier molecular flexibility index (Phi) is 44.3. The molecule has 0 fully saturated rings. The van der Waals surface area contributed by atoms with Crippen molar-refractivity contribution in [3.63, 3.8) is 0 Å². The van der Waals surface area contributed by atoms with Gasteiger partial charge < -0.3 is 98.2 Å². The van der Waals surface area contributed by atoms with Crippen LogP contribution >= 0.6 is 0 Å². The Balaban J connectivity index is 1.20. The lowest BCUT2D eigenvalue weighted by Gasteiger charge is -2.24. The third-order valence-corrected chi connectivity index (χ3v) is 13.1. The van der Waals surface area contributed by atoms with Crippen molar-refractivity contribution in [1.29, 1.82) is 0 Å². The summed E-state index contributed by atoms with van der Waals surface area (Å²) in [7, 11) is 3.49. The lowest BCUT2D eigenvalue weighted by atomic mass is 9.93. The number of ketones is 1. The van der Waals surface area contributed by atoms with Gasteiger partial charge in [-0.15, -0.1) is 0 Å². The molecule has 0 spiro atoms. The van der Waals surface area contributed by atoms with Gasteiger partial charge >= 0.3 is 11.9 Å². The number of fused-ring (bicyclic) bond motifs is 1. The van der Waals surface area contributed by atoms with Gasteiger partial charge in [0.25, 0.3) is 0 Å².